The number of thioether (sulfide) groups is 1. The summed E-state index contributed by atoms with van der Waals surface area (Å²) in [6.07, 6.45) is 0. The molecule has 0 saturated heterocycles. The van der Waals surface area contributed by atoms with E-state index >= 15 is 0 Å². The number of nitrogens with one attached hydrogen (secondary N) is 2. The van der Waals surface area contributed by atoms with Crippen LogP contribution in [0.1, 0.15) is 22.8 Å². The number of rotatable bonds is 7. The lowest BCUT2D eigenvalue weighted by molar-refractivity contribution is -0.115. The number of amides is 2. The van der Waals surface area contributed by atoms with Gasteiger partial charge in [-0.1, -0.05) is 29.8 Å². The van der Waals surface area contributed by atoms with Crippen molar-refractivity contribution in [2.75, 3.05) is 17.7 Å². The topological polar surface area (TPSA) is 67.4 Å². The van der Waals surface area contributed by atoms with Gasteiger partial charge < -0.3 is 15.4 Å². The average molecular weight is 455 g/mol. The van der Waals surface area contributed by atoms with Crippen molar-refractivity contribution in [1.82, 2.24) is 0 Å². The van der Waals surface area contributed by atoms with Crippen LogP contribution < -0.4 is 15.4 Å². The Hall–Kier alpha value is -2.96. The van der Waals surface area contributed by atoms with E-state index in [1.165, 1.54) is 11.8 Å². The minimum absolute atomic E-state index is 0.129. The number of methoxy groups -OCH3 is 1. The number of carbonyl (C=O) groups excluding carboxylic acids is 2. The molecule has 3 rings (SSSR count). The third-order valence-corrected chi connectivity index (χ3v) is 6.05. The predicted octanol–water partition coefficient (Wildman–Crippen LogP) is 6.03. The van der Waals surface area contributed by atoms with Crippen LogP contribution in [0.4, 0.5) is 11.4 Å². The summed E-state index contributed by atoms with van der Waals surface area (Å²) in [6.45, 7) is 3.74. The van der Waals surface area contributed by atoms with Gasteiger partial charge in [0.25, 0.3) is 5.91 Å². The summed E-state index contributed by atoms with van der Waals surface area (Å²) in [5, 5.41) is 6.03. The van der Waals surface area contributed by atoms with E-state index in [2.05, 4.69) is 10.6 Å². The van der Waals surface area contributed by atoms with Crippen molar-refractivity contribution in [3.05, 3.63) is 82.9 Å². The van der Waals surface area contributed by atoms with Gasteiger partial charge in [-0.2, -0.15) is 0 Å². The molecule has 0 radical (unpaired) electrons. The molecule has 1 atom stereocenters. The summed E-state index contributed by atoms with van der Waals surface area (Å²) in [5.74, 6) is 0.255. The standard InChI is InChI=1S/C24H23ClN2O3S/c1-15-10-11-19(14-22(15)25)26-23(28)16(2)31-21-9-5-7-18(13-21)27-24(29)17-6-4-8-20(12-17)30-3/h4-14,16H,1-3H3,(H,26,28)(H,27,29). The third-order valence-electron chi connectivity index (χ3n) is 4.55. The van der Waals surface area contributed by atoms with Crippen molar-refractivity contribution in [2.24, 2.45) is 0 Å². The molecule has 1 unspecified atom stereocenters. The Labute approximate surface area is 191 Å². The predicted molar refractivity (Wildman–Crippen MR) is 128 cm³/mol. The highest BCUT2D eigenvalue weighted by atomic mass is 35.5. The monoisotopic (exact) mass is 454 g/mol. The maximum Gasteiger partial charge on any atom is 0.255 e. The fraction of sp³-hybridized carbons (Fsp3) is 0.167. The lowest BCUT2D eigenvalue weighted by atomic mass is 10.2. The summed E-state index contributed by atoms with van der Waals surface area (Å²) in [6, 6.07) is 19.8. The van der Waals surface area contributed by atoms with Crippen molar-refractivity contribution >= 4 is 46.6 Å². The zero-order chi connectivity index (χ0) is 22.4. The molecule has 31 heavy (non-hydrogen) atoms. The van der Waals surface area contributed by atoms with E-state index in [-0.39, 0.29) is 17.1 Å². The molecule has 3 aromatic carbocycles. The molecule has 160 valence electrons. The maximum atomic E-state index is 12.6. The van der Waals surface area contributed by atoms with Gasteiger partial charge in [-0.05, 0) is 67.9 Å². The Bertz CT molecular complexity index is 1100. The van der Waals surface area contributed by atoms with E-state index < -0.39 is 0 Å². The molecule has 0 aromatic heterocycles. The Morgan fingerprint density at radius 1 is 0.968 bits per heavy atom. The van der Waals surface area contributed by atoms with Gasteiger partial charge in [0.15, 0.2) is 0 Å². The minimum atomic E-state index is -0.343. The lowest BCUT2D eigenvalue weighted by Gasteiger charge is -2.14. The van der Waals surface area contributed by atoms with Crippen LogP contribution in [-0.4, -0.2) is 24.2 Å². The second kappa shape index (κ2) is 10.4. The third kappa shape index (κ3) is 6.26. The van der Waals surface area contributed by atoms with Crippen molar-refractivity contribution in [1.29, 1.82) is 0 Å². The van der Waals surface area contributed by atoms with Gasteiger partial charge in [-0.25, -0.2) is 0 Å². The first-order valence-electron chi connectivity index (χ1n) is 9.65. The number of anilines is 2. The number of hydrogen-bond acceptors (Lipinski definition) is 4. The van der Waals surface area contributed by atoms with Crippen LogP contribution in [0.3, 0.4) is 0 Å². The molecule has 0 aliphatic carbocycles. The number of carbonyl (C=O) groups is 2. The van der Waals surface area contributed by atoms with E-state index in [4.69, 9.17) is 16.3 Å². The molecule has 3 aromatic rings. The SMILES string of the molecule is COc1cccc(C(=O)Nc2cccc(SC(C)C(=O)Nc3ccc(C)c(Cl)c3)c2)c1. The number of ether oxygens (including phenoxy) is 1. The van der Waals surface area contributed by atoms with Crippen LogP contribution in [0.25, 0.3) is 0 Å². The van der Waals surface area contributed by atoms with Crippen LogP contribution in [0.5, 0.6) is 5.75 Å². The van der Waals surface area contributed by atoms with Crippen LogP contribution in [-0.2, 0) is 4.79 Å². The van der Waals surface area contributed by atoms with Crippen molar-refractivity contribution in [3.63, 3.8) is 0 Å². The number of hydrogen-bond donors (Lipinski definition) is 2. The van der Waals surface area contributed by atoms with E-state index in [1.54, 1.807) is 43.5 Å². The first kappa shape index (κ1) is 22.7. The normalized spacial score (nSPS) is 11.5. The van der Waals surface area contributed by atoms with Crippen molar-refractivity contribution < 1.29 is 14.3 Å². The van der Waals surface area contributed by atoms with Crippen LogP contribution in [0.15, 0.2) is 71.6 Å². The van der Waals surface area contributed by atoms with Crippen molar-refractivity contribution in [3.8, 4) is 5.75 Å². The van der Waals surface area contributed by atoms with Gasteiger partial charge in [0, 0.05) is 26.9 Å². The highest BCUT2D eigenvalue weighted by Gasteiger charge is 2.16. The van der Waals surface area contributed by atoms with Crippen LogP contribution >= 0.6 is 23.4 Å². The molecule has 7 heteroatoms. The van der Waals surface area contributed by atoms with E-state index in [0.717, 1.165) is 10.5 Å². The molecule has 0 spiro atoms. The fourth-order valence-corrected chi connectivity index (χ4v) is 3.89. The summed E-state index contributed by atoms with van der Waals surface area (Å²) in [7, 11) is 1.56. The molecule has 0 saturated carbocycles. The maximum absolute atomic E-state index is 12.6. The Morgan fingerprint density at radius 3 is 2.45 bits per heavy atom. The van der Waals surface area contributed by atoms with Gasteiger partial charge in [-0.15, -0.1) is 11.8 Å². The molecule has 0 bridgehead atoms. The Balaban J connectivity index is 1.63. The quantitative estimate of drug-likeness (QED) is 0.428. The molecule has 5 nitrogen and oxygen atoms in total. The minimum Gasteiger partial charge on any atom is -0.497 e. The molecule has 0 aliphatic rings. The highest BCUT2D eigenvalue weighted by Crippen LogP contribution is 2.28. The summed E-state index contributed by atoms with van der Waals surface area (Å²) < 4.78 is 5.17. The summed E-state index contributed by atoms with van der Waals surface area (Å²) >= 11 is 7.53. The van der Waals surface area contributed by atoms with Crippen LogP contribution in [0.2, 0.25) is 5.02 Å². The lowest BCUT2D eigenvalue weighted by Crippen LogP contribution is -2.22. The molecular formula is C24H23ClN2O3S. The molecule has 0 fully saturated rings. The van der Waals surface area contributed by atoms with E-state index in [1.807, 2.05) is 44.2 Å². The van der Waals surface area contributed by atoms with Crippen molar-refractivity contribution in [2.45, 2.75) is 24.0 Å². The molecular weight excluding hydrogens is 432 g/mol. The summed E-state index contributed by atoms with van der Waals surface area (Å²) in [5.41, 5.74) is 2.76. The average Bonchev–Trinajstić information content (AvgIpc) is 2.76. The van der Waals surface area contributed by atoms with E-state index in [0.29, 0.717) is 27.7 Å². The number of halogens is 1. The fourth-order valence-electron chi connectivity index (χ4n) is 2.79. The van der Waals surface area contributed by atoms with Gasteiger partial charge >= 0.3 is 0 Å². The first-order valence-corrected chi connectivity index (χ1v) is 10.9. The highest BCUT2D eigenvalue weighted by molar-refractivity contribution is 8.00. The molecule has 0 aliphatic heterocycles. The van der Waals surface area contributed by atoms with Gasteiger partial charge in [0.05, 0.1) is 12.4 Å². The Morgan fingerprint density at radius 2 is 1.71 bits per heavy atom. The smallest absolute Gasteiger partial charge is 0.255 e. The van der Waals surface area contributed by atoms with Gasteiger partial charge in [0.1, 0.15) is 5.75 Å². The van der Waals surface area contributed by atoms with E-state index in [9.17, 15) is 9.59 Å². The molecule has 2 N–H and O–H groups in total. The number of aryl methyl sites for hydroxylation is 1. The second-order valence-corrected chi connectivity index (χ2v) is 8.75. The van der Waals surface area contributed by atoms with Gasteiger partial charge in [0.2, 0.25) is 5.91 Å². The van der Waals surface area contributed by atoms with Gasteiger partial charge in [-0.3, -0.25) is 9.59 Å². The van der Waals surface area contributed by atoms with Crippen LogP contribution in [0, 0.1) is 6.92 Å². The summed E-state index contributed by atoms with van der Waals surface area (Å²) in [4.78, 5) is 26.0. The second-order valence-electron chi connectivity index (χ2n) is 6.93. The Kier molecular flexibility index (Phi) is 7.60. The molecule has 0 heterocycles. The first-order chi connectivity index (χ1) is 14.9. The number of benzene rings is 3. The molecule has 2 amide bonds. The zero-order valence-corrected chi connectivity index (χ0v) is 19.0. The largest absolute Gasteiger partial charge is 0.497 e. The zero-order valence-electron chi connectivity index (χ0n) is 17.4.